The lowest BCUT2D eigenvalue weighted by molar-refractivity contribution is -0.155. The average Bonchev–Trinajstić information content (AvgIpc) is 3.14. The summed E-state index contributed by atoms with van der Waals surface area (Å²) in [5, 5.41) is 9.09. The van der Waals surface area contributed by atoms with E-state index in [4.69, 9.17) is 14.0 Å². The second kappa shape index (κ2) is 21.3. The Kier molecular flexibility index (Phi) is 16.9. The Balaban J connectivity index is 1.71. The van der Waals surface area contributed by atoms with Crippen molar-refractivity contribution in [1.82, 2.24) is 20.9 Å². The van der Waals surface area contributed by atoms with E-state index < -0.39 is 56.0 Å². The van der Waals surface area contributed by atoms with Gasteiger partial charge < -0.3 is 40.1 Å². The summed E-state index contributed by atoms with van der Waals surface area (Å²) in [6.07, 6.45) is 0.0181. The quantitative estimate of drug-likeness (QED) is 0.0686. The highest BCUT2D eigenvalue weighted by Gasteiger charge is 2.37. The highest BCUT2D eigenvalue weighted by molar-refractivity contribution is 7.46. The molecular formula is C43H59N4O10P. The number of amides is 4. The Bertz CT molecular complexity index is 1850. The highest BCUT2D eigenvalue weighted by atomic mass is 31.2. The minimum atomic E-state index is -4.82. The Morgan fingerprint density at radius 1 is 0.897 bits per heavy atom. The molecule has 1 saturated heterocycles. The van der Waals surface area contributed by atoms with Gasteiger partial charge in [0, 0.05) is 25.6 Å². The number of nitrogens with one attached hydrogen (secondary N) is 3. The fourth-order valence-electron chi connectivity index (χ4n) is 7.14. The fourth-order valence-corrected chi connectivity index (χ4v) is 7.66. The van der Waals surface area contributed by atoms with Gasteiger partial charge in [-0.05, 0) is 66.7 Å². The van der Waals surface area contributed by atoms with E-state index in [1.807, 2.05) is 107 Å². The number of ether oxygens (including phenoxy) is 2. The van der Waals surface area contributed by atoms with Crippen LogP contribution in [-0.4, -0.2) is 89.0 Å². The summed E-state index contributed by atoms with van der Waals surface area (Å²) >= 11 is 0. The van der Waals surface area contributed by atoms with Gasteiger partial charge in [-0.3, -0.25) is 18.9 Å². The zero-order chi connectivity index (χ0) is 42.5. The van der Waals surface area contributed by atoms with E-state index in [1.54, 1.807) is 18.7 Å². The molecule has 14 nitrogen and oxygen atoms in total. The fraction of sp³-hybridized carbons (Fsp3) is 0.488. The van der Waals surface area contributed by atoms with Crippen molar-refractivity contribution in [2.24, 2.45) is 11.3 Å². The first-order valence-corrected chi connectivity index (χ1v) is 21.2. The number of carbonyl (C=O) groups excluding carboxylic acids is 4. The number of carbonyl (C=O) groups is 4. The lowest BCUT2D eigenvalue weighted by Crippen LogP contribution is -2.59. The third kappa shape index (κ3) is 14.9. The second-order valence-corrected chi connectivity index (χ2v) is 17.3. The zero-order valence-electron chi connectivity index (χ0n) is 34.3. The molecule has 1 heterocycles. The summed E-state index contributed by atoms with van der Waals surface area (Å²) in [6, 6.07) is 22.0. The number of urea groups is 1. The van der Waals surface area contributed by atoms with E-state index in [1.165, 1.54) is 0 Å². The predicted octanol–water partition coefficient (Wildman–Crippen LogP) is 5.40. The molecule has 1 aliphatic rings. The van der Waals surface area contributed by atoms with Crippen molar-refractivity contribution >= 4 is 31.6 Å². The van der Waals surface area contributed by atoms with Crippen LogP contribution < -0.4 is 20.7 Å². The molecule has 1 fully saturated rings. The van der Waals surface area contributed by atoms with Crippen LogP contribution in [0.3, 0.4) is 0 Å². The number of phosphoric ester groups is 1. The number of aryl methyl sites for hydroxylation is 2. The second-order valence-electron chi connectivity index (χ2n) is 16.1. The summed E-state index contributed by atoms with van der Waals surface area (Å²) in [6.45, 7) is 11.0. The van der Waals surface area contributed by atoms with Gasteiger partial charge in [-0.15, -0.1) is 0 Å². The van der Waals surface area contributed by atoms with Crippen molar-refractivity contribution in [1.29, 1.82) is 0 Å². The van der Waals surface area contributed by atoms with Crippen molar-refractivity contribution in [3.8, 4) is 5.75 Å². The van der Waals surface area contributed by atoms with E-state index >= 15 is 0 Å². The van der Waals surface area contributed by atoms with Gasteiger partial charge in [-0.25, -0.2) is 9.36 Å². The topological polar surface area (TPSA) is 193 Å². The highest BCUT2D eigenvalue weighted by Crippen LogP contribution is 2.39. The average molecular weight is 823 g/mol. The summed E-state index contributed by atoms with van der Waals surface area (Å²) in [7, 11) is -4.82. The lowest BCUT2D eigenvalue weighted by Gasteiger charge is -2.37. The van der Waals surface area contributed by atoms with E-state index in [9.17, 15) is 33.5 Å². The maximum atomic E-state index is 14.3. The molecule has 4 atom stereocenters. The summed E-state index contributed by atoms with van der Waals surface area (Å²) in [5.41, 5.74) is 2.44. The molecule has 1 aliphatic heterocycles. The van der Waals surface area contributed by atoms with E-state index in [0.29, 0.717) is 31.7 Å². The standard InChI is InChI=1S/C43H59N4O10P/c1-29(2)39(47-22-14-21-44-42(47)51)41(50)45-34(23-32-17-9-7-10-18-32)25-36(57-38(49)26-43(5,6)28-56-58(52,53)54)35(24-33-19-11-8-12-20-33)46-37(48)27-55-40-30(3)15-13-16-31(40)4/h7-13,15-20,29,34-36,39H,14,21-28H2,1-6H3,(H,44,51)(H,45,50)(H,46,48)(H2,52,53,54)/t34-,35-,36?,39-/m0/s1. The first-order chi connectivity index (χ1) is 27.4. The molecule has 0 saturated carbocycles. The molecule has 0 radical (unpaired) electrons. The van der Waals surface area contributed by atoms with Crippen LogP contribution in [0.5, 0.6) is 5.75 Å². The molecule has 3 aromatic rings. The van der Waals surface area contributed by atoms with Gasteiger partial charge in [0.2, 0.25) is 5.91 Å². The predicted molar refractivity (Wildman–Crippen MR) is 220 cm³/mol. The first kappa shape index (κ1) is 45.9. The van der Waals surface area contributed by atoms with Crippen LogP contribution in [0.4, 0.5) is 4.79 Å². The third-order valence-corrected chi connectivity index (χ3v) is 10.4. The van der Waals surface area contributed by atoms with E-state index in [-0.39, 0.29) is 43.7 Å². The van der Waals surface area contributed by atoms with Gasteiger partial charge in [0.15, 0.2) is 6.61 Å². The minimum absolute atomic E-state index is 0.0539. The molecule has 0 spiro atoms. The van der Waals surface area contributed by atoms with Crippen LogP contribution in [-0.2, 0) is 41.1 Å². The van der Waals surface area contributed by atoms with Gasteiger partial charge in [-0.2, -0.15) is 0 Å². The number of nitrogens with zero attached hydrogens (tertiary/aromatic N) is 1. The molecule has 0 bridgehead atoms. The number of para-hydroxylation sites is 1. The van der Waals surface area contributed by atoms with Crippen LogP contribution >= 0.6 is 7.82 Å². The molecule has 15 heteroatoms. The number of rotatable bonds is 21. The van der Waals surface area contributed by atoms with Gasteiger partial charge in [0.25, 0.3) is 5.91 Å². The van der Waals surface area contributed by atoms with Crippen LogP contribution in [0.25, 0.3) is 0 Å². The van der Waals surface area contributed by atoms with Crippen molar-refractivity contribution in [3.63, 3.8) is 0 Å². The molecule has 3 aromatic carbocycles. The van der Waals surface area contributed by atoms with Crippen LogP contribution in [0.1, 0.15) is 69.2 Å². The Morgan fingerprint density at radius 3 is 2.07 bits per heavy atom. The molecule has 316 valence electrons. The van der Waals surface area contributed by atoms with Crippen molar-refractivity contribution < 1.29 is 47.5 Å². The van der Waals surface area contributed by atoms with Gasteiger partial charge in [-0.1, -0.05) is 107 Å². The van der Waals surface area contributed by atoms with Crippen LogP contribution in [0, 0.1) is 25.2 Å². The van der Waals surface area contributed by atoms with Crippen molar-refractivity contribution in [3.05, 3.63) is 101 Å². The maximum Gasteiger partial charge on any atom is 0.469 e. The molecular weight excluding hydrogens is 763 g/mol. The van der Waals surface area contributed by atoms with Gasteiger partial charge in [0.05, 0.1) is 19.1 Å². The number of hydrogen-bond acceptors (Lipinski definition) is 8. The number of hydrogen-bond donors (Lipinski definition) is 5. The van der Waals surface area contributed by atoms with Crippen molar-refractivity contribution in [2.45, 2.75) is 97.9 Å². The Labute approximate surface area is 341 Å². The zero-order valence-corrected chi connectivity index (χ0v) is 35.2. The largest absolute Gasteiger partial charge is 0.483 e. The molecule has 0 aromatic heterocycles. The number of phosphoric acid groups is 1. The smallest absolute Gasteiger partial charge is 0.469 e. The molecule has 4 amide bonds. The molecule has 58 heavy (non-hydrogen) atoms. The maximum absolute atomic E-state index is 14.3. The van der Waals surface area contributed by atoms with Crippen LogP contribution in [0.2, 0.25) is 0 Å². The summed E-state index contributed by atoms with van der Waals surface area (Å²) in [4.78, 5) is 75.1. The summed E-state index contributed by atoms with van der Waals surface area (Å²) < 4.78 is 28.5. The van der Waals surface area contributed by atoms with E-state index in [2.05, 4.69) is 16.0 Å². The lowest BCUT2D eigenvalue weighted by atomic mass is 9.90. The first-order valence-electron chi connectivity index (χ1n) is 19.7. The van der Waals surface area contributed by atoms with Gasteiger partial charge in [0.1, 0.15) is 17.9 Å². The number of benzene rings is 3. The molecule has 5 N–H and O–H groups in total. The summed E-state index contributed by atoms with van der Waals surface area (Å²) in [5.74, 6) is -1.15. The minimum Gasteiger partial charge on any atom is -0.483 e. The molecule has 0 aliphatic carbocycles. The van der Waals surface area contributed by atoms with E-state index in [0.717, 1.165) is 22.3 Å². The van der Waals surface area contributed by atoms with Crippen LogP contribution in [0.15, 0.2) is 78.9 Å². The Hall–Kier alpha value is -4.75. The normalized spacial score (nSPS) is 15.5. The SMILES string of the molecule is Cc1cccc(C)c1OCC(=O)N[C@@H](Cc1ccccc1)C(C[C@H](Cc1ccccc1)NC(=O)[C@H](C(C)C)N1CCCNC1=O)OC(=O)CC(C)(C)COP(=O)(O)O. The molecule has 4 rings (SSSR count). The third-order valence-electron chi connectivity index (χ3n) is 9.92. The van der Waals surface area contributed by atoms with Crippen molar-refractivity contribution in [2.75, 3.05) is 26.3 Å². The monoisotopic (exact) mass is 822 g/mol. The Morgan fingerprint density at radius 2 is 1.50 bits per heavy atom. The number of esters is 1. The van der Waals surface area contributed by atoms with Gasteiger partial charge >= 0.3 is 19.8 Å². The molecule has 1 unspecified atom stereocenters.